The van der Waals surface area contributed by atoms with Crippen molar-refractivity contribution >= 4 is 0 Å². The molecule has 0 amide bonds. The van der Waals surface area contributed by atoms with E-state index in [1.807, 2.05) is 13.8 Å². The Morgan fingerprint density at radius 1 is 1.33 bits per heavy atom. The van der Waals surface area contributed by atoms with Gasteiger partial charge in [0.15, 0.2) is 0 Å². The predicted molar refractivity (Wildman–Crippen MR) is 33.6 cm³/mol. The fraction of sp³-hybridized carbons (Fsp3) is 1.00. The highest BCUT2D eigenvalue weighted by Gasteiger charge is 2.19. The van der Waals surface area contributed by atoms with E-state index in [-0.39, 0.29) is 6.61 Å². The van der Waals surface area contributed by atoms with Crippen LogP contribution in [0.1, 0.15) is 27.7 Å². The van der Waals surface area contributed by atoms with E-state index in [9.17, 15) is 8.78 Å². The summed E-state index contributed by atoms with van der Waals surface area (Å²) in [5, 5.41) is 0. The van der Waals surface area contributed by atoms with Crippen LogP contribution in [-0.2, 0) is 4.74 Å². The van der Waals surface area contributed by atoms with Crippen LogP contribution >= 0.6 is 0 Å². The fourth-order valence-corrected chi connectivity index (χ4v) is 0.253. The van der Waals surface area contributed by atoms with E-state index in [0.717, 1.165) is 6.92 Å². The third-order valence-corrected chi connectivity index (χ3v) is 0.398. The molecule has 0 aliphatic heterocycles. The molecule has 0 rings (SSSR count). The minimum Gasteiger partial charge on any atom is -0.321 e. The van der Waals surface area contributed by atoms with Gasteiger partial charge in [0.2, 0.25) is 0 Å². The van der Waals surface area contributed by atoms with Gasteiger partial charge in [-0.3, -0.25) is 0 Å². The zero-order valence-corrected chi connectivity index (χ0v) is 6.37. The highest BCUT2D eigenvalue weighted by atomic mass is 19.3. The molecule has 0 aliphatic carbocycles. The Hall–Kier alpha value is -0.180. The van der Waals surface area contributed by atoms with Gasteiger partial charge in [0.25, 0.3) is 0 Å². The van der Waals surface area contributed by atoms with Gasteiger partial charge < -0.3 is 4.74 Å². The normalized spacial score (nSPS) is 10.0. The second-order valence-corrected chi connectivity index (χ2v) is 1.24. The lowest BCUT2D eigenvalue weighted by Crippen LogP contribution is -2.14. The van der Waals surface area contributed by atoms with Crippen LogP contribution in [0.25, 0.3) is 0 Å². The minimum atomic E-state index is -2.95. The molecule has 0 saturated heterocycles. The van der Waals surface area contributed by atoms with Crippen molar-refractivity contribution in [2.45, 2.75) is 33.8 Å². The minimum absolute atomic E-state index is 0.0590. The molecule has 0 N–H and O–H groups in total. The quantitative estimate of drug-likeness (QED) is 0.573. The van der Waals surface area contributed by atoms with E-state index < -0.39 is 6.11 Å². The van der Waals surface area contributed by atoms with Gasteiger partial charge in [-0.25, -0.2) is 0 Å². The first-order chi connectivity index (χ1) is 4.06. The molecule has 0 fully saturated rings. The first kappa shape index (κ1) is 11.6. The molecule has 0 radical (unpaired) electrons. The Balaban J connectivity index is 0. The summed E-state index contributed by atoms with van der Waals surface area (Å²) in [5.41, 5.74) is 0. The molecule has 0 unspecified atom stereocenters. The summed E-state index contributed by atoms with van der Waals surface area (Å²) < 4.78 is 26.9. The van der Waals surface area contributed by atoms with Crippen molar-refractivity contribution in [2.75, 3.05) is 6.61 Å². The van der Waals surface area contributed by atoms with Crippen molar-refractivity contribution in [1.29, 1.82) is 0 Å². The first-order valence-corrected chi connectivity index (χ1v) is 3.08. The van der Waals surface area contributed by atoms with E-state index in [1.165, 1.54) is 6.92 Å². The zero-order chi connectivity index (χ0) is 7.91. The van der Waals surface area contributed by atoms with Crippen LogP contribution in [0.15, 0.2) is 0 Å². The van der Waals surface area contributed by atoms with Crippen LogP contribution in [-0.4, -0.2) is 12.7 Å². The molecule has 0 saturated carbocycles. The van der Waals surface area contributed by atoms with Crippen LogP contribution in [0.2, 0.25) is 0 Å². The zero-order valence-electron chi connectivity index (χ0n) is 6.37. The molecule has 1 nitrogen and oxygen atoms in total. The van der Waals surface area contributed by atoms with Crippen molar-refractivity contribution in [3.05, 3.63) is 0 Å². The van der Waals surface area contributed by atoms with Crippen LogP contribution in [0.5, 0.6) is 0 Å². The SMILES string of the molecule is CC.CCOC(C)(F)F. The third kappa shape index (κ3) is 18.2. The summed E-state index contributed by atoms with van der Waals surface area (Å²) in [6.07, 6.45) is -2.95. The Bertz CT molecular complexity index is 49.5. The Morgan fingerprint density at radius 3 is 1.67 bits per heavy atom. The van der Waals surface area contributed by atoms with E-state index >= 15 is 0 Å². The number of alkyl halides is 2. The topological polar surface area (TPSA) is 9.23 Å². The monoisotopic (exact) mass is 140 g/mol. The summed E-state index contributed by atoms with van der Waals surface area (Å²) in [4.78, 5) is 0. The molecule has 0 atom stereocenters. The lowest BCUT2D eigenvalue weighted by molar-refractivity contribution is -0.220. The molecule has 0 heterocycles. The van der Waals surface area contributed by atoms with Crippen LogP contribution in [0.3, 0.4) is 0 Å². The summed E-state index contributed by atoms with van der Waals surface area (Å²) in [6.45, 7) is 6.30. The van der Waals surface area contributed by atoms with Crippen molar-refractivity contribution in [3.8, 4) is 0 Å². The van der Waals surface area contributed by atoms with Gasteiger partial charge in [0.05, 0.1) is 6.61 Å². The molecule has 0 bridgehead atoms. The maximum absolute atomic E-state index is 11.5. The van der Waals surface area contributed by atoms with Gasteiger partial charge in [-0.1, -0.05) is 13.8 Å². The summed E-state index contributed by atoms with van der Waals surface area (Å²) in [7, 11) is 0. The summed E-state index contributed by atoms with van der Waals surface area (Å²) in [5.74, 6) is 0. The Kier molecular flexibility index (Phi) is 7.66. The maximum atomic E-state index is 11.5. The molecule has 0 aromatic heterocycles. The second-order valence-electron chi connectivity index (χ2n) is 1.24. The molecule has 0 spiro atoms. The van der Waals surface area contributed by atoms with Gasteiger partial charge in [-0.05, 0) is 6.92 Å². The Morgan fingerprint density at radius 2 is 1.67 bits per heavy atom. The average molecular weight is 140 g/mol. The fourth-order valence-electron chi connectivity index (χ4n) is 0.253. The summed E-state index contributed by atoms with van der Waals surface area (Å²) in [6, 6.07) is 0. The lowest BCUT2D eigenvalue weighted by Gasteiger charge is -2.07. The van der Waals surface area contributed by atoms with Crippen LogP contribution in [0, 0.1) is 0 Å². The lowest BCUT2D eigenvalue weighted by atomic mass is 10.7. The third-order valence-electron chi connectivity index (χ3n) is 0.398. The van der Waals surface area contributed by atoms with Crippen molar-refractivity contribution < 1.29 is 13.5 Å². The molecule has 0 aromatic rings. The number of hydrogen-bond acceptors (Lipinski definition) is 1. The van der Waals surface area contributed by atoms with Gasteiger partial charge in [-0.2, -0.15) is 8.78 Å². The van der Waals surface area contributed by atoms with Gasteiger partial charge in [0, 0.05) is 6.92 Å². The molecule has 58 valence electrons. The van der Waals surface area contributed by atoms with Crippen molar-refractivity contribution in [1.82, 2.24) is 0 Å². The van der Waals surface area contributed by atoms with Crippen molar-refractivity contribution in [3.63, 3.8) is 0 Å². The van der Waals surface area contributed by atoms with E-state index in [4.69, 9.17) is 0 Å². The molecular weight excluding hydrogens is 126 g/mol. The standard InChI is InChI=1S/C4H8F2O.C2H6/c1-3-7-4(2,5)6;1-2/h3H2,1-2H3;1-2H3. The number of rotatable bonds is 2. The predicted octanol–water partition coefficient (Wildman–Crippen LogP) is 2.66. The first-order valence-electron chi connectivity index (χ1n) is 3.08. The van der Waals surface area contributed by atoms with Gasteiger partial charge in [0.1, 0.15) is 0 Å². The van der Waals surface area contributed by atoms with Crippen LogP contribution < -0.4 is 0 Å². The molecule has 0 aliphatic rings. The molecular formula is C6H14F2O. The molecule has 9 heavy (non-hydrogen) atoms. The highest BCUT2D eigenvalue weighted by molar-refractivity contribution is 4.34. The largest absolute Gasteiger partial charge is 0.352 e. The smallest absolute Gasteiger partial charge is 0.321 e. The van der Waals surface area contributed by atoms with E-state index in [1.54, 1.807) is 0 Å². The van der Waals surface area contributed by atoms with Gasteiger partial charge >= 0.3 is 6.11 Å². The average Bonchev–Trinajstić information content (AvgIpc) is 1.69. The maximum Gasteiger partial charge on any atom is 0.352 e. The number of hydrogen-bond donors (Lipinski definition) is 0. The summed E-state index contributed by atoms with van der Waals surface area (Å²) >= 11 is 0. The second kappa shape index (κ2) is 5.95. The number of halogens is 2. The van der Waals surface area contributed by atoms with E-state index in [2.05, 4.69) is 4.74 Å². The van der Waals surface area contributed by atoms with Gasteiger partial charge in [-0.15, -0.1) is 0 Å². The van der Waals surface area contributed by atoms with Crippen molar-refractivity contribution in [2.24, 2.45) is 0 Å². The Labute approximate surface area is 55.0 Å². The number of ether oxygens (including phenoxy) is 1. The highest BCUT2D eigenvalue weighted by Crippen LogP contribution is 2.11. The van der Waals surface area contributed by atoms with Crippen LogP contribution in [0.4, 0.5) is 8.78 Å². The van der Waals surface area contributed by atoms with E-state index in [0.29, 0.717) is 0 Å². The molecule has 3 heteroatoms. The molecule has 0 aromatic carbocycles.